The molecule has 2 aromatic carbocycles. The van der Waals surface area contributed by atoms with Crippen molar-refractivity contribution in [2.75, 3.05) is 28.6 Å². The van der Waals surface area contributed by atoms with Crippen LogP contribution in [0.25, 0.3) is 0 Å². The molecule has 0 aliphatic carbocycles. The molecule has 0 atom stereocenters. The molecule has 4 rings (SSSR count). The molecule has 0 saturated carbocycles. The number of hydrogen-bond donors (Lipinski definition) is 2. The van der Waals surface area contributed by atoms with Crippen molar-refractivity contribution in [2.24, 2.45) is 0 Å². The van der Waals surface area contributed by atoms with Gasteiger partial charge in [-0.1, -0.05) is 6.07 Å². The van der Waals surface area contributed by atoms with Gasteiger partial charge in [-0.05, 0) is 62.6 Å². The molecule has 2 N–H and O–H groups in total. The van der Waals surface area contributed by atoms with E-state index < -0.39 is 23.1 Å². The van der Waals surface area contributed by atoms with Crippen molar-refractivity contribution in [2.45, 2.75) is 26.2 Å². The van der Waals surface area contributed by atoms with E-state index in [1.54, 1.807) is 24.3 Å². The van der Waals surface area contributed by atoms with Gasteiger partial charge in [-0.15, -0.1) is 0 Å². The number of aryl methyl sites for hydroxylation is 1. The zero-order valence-corrected chi connectivity index (χ0v) is 17.2. The highest BCUT2D eigenvalue weighted by molar-refractivity contribution is 6.04. The number of nitrogens with zero attached hydrogens (tertiary/aromatic N) is 3. The van der Waals surface area contributed by atoms with E-state index in [-0.39, 0.29) is 0 Å². The Kier molecular flexibility index (Phi) is 6.06. The second kappa shape index (κ2) is 9.07. The number of benzene rings is 2. The van der Waals surface area contributed by atoms with Gasteiger partial charge in [-0.3, -0.25) is 4.79 Å². The van der Waals surface area contributed by atoms with Crippen molar-refractivity contribution < 1.29 is 13.6 Å². The molecule has 0 bridgehead atoms. The largest absolute Gasteiger partial charge is 0.341 e. The minimum Gasteiger partial charge on any atom is -0.341 e. The lowest BCUT2D eigenvalue weighted by Crippen LogP contribution is -2.31. The van der Waals surface area contributed by atoms with Crippen LogP contribution in [0.2, 0.25) is 0 Å². The second-order valence-electron chi connectivity index (χ2n) is 7.50. The topological polar surface area (TPSA) is 70.2 Å². The Labute approximate surface area is 179 Å². The lowest BCUT2D eigenvalue weighted by Gasteiger charge is -2.27. The maximum Gasteiger partial charge on any atom is 0.261 e. The van der Waals surface area contributed by atoms with Gasteiger partial charge in [-0.2, -0.15) is 4.98 Å². The molecular weight excluding hydrogens is 400 g/mol. The number of anilines is 4. The number of aromatic nitrogens is 2. The Bertz CT molecular complexity index is 1060. The predicted molar refractivity (Wildman–Crippen MR) is 117 cm³/mol. The highest BCUT2D eigenvalue weighted by Gasteiger charge is 2.17. The summed E-state index contributed by atoms with van der Waals surface area (Å²) in [5.74, 6) is -1.25. The first-order valence-electron chi connectivity index (χ1n) is 10.2. The normalized spacial score (nSPS) is 13.7. The summed E-state index contributed by atoms with van der Waals surface area (Å²) in [7, 11) is 0. The maximum absolute atomic E-state index is 13.8. The van der Waals surface area contributed by atoms with Crippen LogP contribution in [0.4, 0.5) is 31.9 Å². The van der Waals surface area contributed by atoms with Gasteiger partial charge in [-0.25, -0.2) is 13.8 Å². The molecule has 0 unspecified atom stereocenters. The number of piperidine rings is 1. The average molecular weight is 423 g/mol. The molecule has 3 aromatic rings. The van der Waals surface area contributed by atoms with Crippen LogP contribution >= 0.6 is 0 Å². The molecule has 8 heteroatoms. The van der Waals surface area contributed by atoms with E-state index in [1.807, 2.05) is 13.0 Å². The Morgan fingerprint density at radius 3 is 2.26 bits per heavy atom. The lowest BCUT2D eigenvalue weighted by atomic mass is 10.1. The zero-order valence-electron chi connectivity index (χ0n) is 17.2. The van der Waals surface area contributed by atoms with Crippen molar-refractivity contribution in [1.82, 2.24) is 9.97 Å². The third kappa shape index (κ3) is 4.96. The number of rotatable bonds is 5. The van der Waals surface area contributed by atoms with E-state index in [0.717, 1.165) is 55.4 Å². The number of carbonyl (C=O) groups excluding carboxylic acids is 1. The van der Waals surface area contributed by atoms with Crippen molar-refractivity contribution in [3.05, 3.63) is 71.4 Å². The summed E-state index contributed by atoms with van der Waals surface area (Å²) >= 11 is 0. The fraction of sp³-hybridized carbons (Fsp3) is 0.261. The minimum absolute atomic E-state index is 0.422. The molecular formula is C23H23F2N5O. The smallest absolute Gasteiger partial charge is 0.261 e. The molecule has 1 aliphatic rings. The van der Waals surface area contributed by atoms with Crippen molar-refractivity contribution in [3.8, 4) is 0 Å². The number of amides is 1. The van der Waals surface area contributed by atoms with Gasteiger partial charge in [0.05, 0.1) is 0 Å². The van der Waals surface area contributed by atoms with Crippen LogP contribution in [0.5, 0.6) is 0 Å². The van der Waals surface area contributed by atoms with E-state index in [2.05, 4.69) is 25.5 Å². The summed E-state index contributed by atoms with van der Waals surface area (Å²) in [5.41, 5.74) is 1.45. The van der Waals surface area contributed by atoms with Crippen LogP contribution in [0, 0.1) is 18.6 Å². The van der Waals surface area contributed by atoms with Gasteiger partial charge in [0.15, 0.2) is 0 Å². The molecule has 1 saturated heterocycles. The van der Waals surface area contributed by atoms with Gasteiger partial charge in [0.2, 0.25) is 5.95 Å². The van der Waals surface area contributed by atoms with Crippen LogP contribution in [-0.4, -0.2) is 29.0 Å². The Balaban J connectivity index is 1.45. The predicted octanol–water partition coefficient (Wildman–Crippen LogP) is 5.05. The van der Waals surface area contributed by atoms with Crippen molar-refractivity contribution in [3.63, 3.8) is 0 Å². The van der Waals surface area contributed by atoms with Gasteiger partial charge in [0, 0.05) is 36.2 Å². The van der Waals surface area contributed by atoms with Crippen LogP contribution in [0.3, 0.4) is 0 Å². The quantitative estimate of drug-likeness (QED) is 0.601. The van der Waals surface area contributed by atoms with Gasteiger partial charge < -0.3 is 15.5 Å². The molecule has 1 aromatic heterocycles. The summed E-state index contributed by atoms with van der Waals surface area (Å²) < 4.78 is 27.6. The molecule has 160 valence electrons. The summed E-state index contributed by atoms with van der Waals surface area (Å²) in [6.45, 7) is 3.85. The van der Waals surface area contributed by atoms with Crippen LogP contribution < -0.4 is 15.5 Å². The molecule has 2 heterocycles. The summed E-state index contributed by atoms with van der Waals surface area (Å²) in [4.78, 5) is 23.6. The minimum atomic E-state index is -0.903. The first kappa shape index (κ1) is 20.7. The number of nitrogens with one attached hydrogen (secondary N) is 2. The van der Waals surface area contributed by atoms with Crippen LogP contribution in [-0.2, 0) is 0 Å². The maximum atomic E-state index is 13.8. The highest BCUT2D eigenvalue weighted by Crippen LogP contribution is 2.23. The second-order valence-corrected chi connectivity index (χ2v) is 7.50. The van der Waals surface area contributed by atoms with E-state index in [0.29, 0.717) is 11.5 Å². The average Bonchev–Trinajstić information content (AvgIpc) is 2.75. The molecule has 0 spiro atoms. The summed E-state index contributed by atoms with van der Waals surface area (Å²) in [5, 5.41) is 5.76. The van der Waals surface area contributed by atoms with Crippen molar-refractivity contribution >= 4 is 29.0 Å². The van der Waals surface area contributed by atoms with Crippen LogP contribution in [0.15, 0.2) is 48.5 Å². The Hall–Kier alpha value is -3.55. The van der Waals surface area contributed by atoms with E-state index in [1.165, 1.54) is 12.5 Å². The van der Waals surface area contributed by atoms with Crippen molar-refractivity contribution in [1.29, 1.82) is 0 Å². The number of halogens is 2. The third-order valence-electron chi connectivity index (χ3n) is 5.09. The zero-order chi connectivity index (χ0) is 21.8. The Morgan fingerprint density at radius 2 is 1.58 bits per heavy atom. The fourth-order valence-electron chi connectivity index (χ4n) is 3.55. The first-order valence-corrected chi connectivity index (χ1v) is 10.2. The van der Waals surface area contributed by atoms with Gasteiger partial charge >= 0.3 is 0 Å². The third-order valence-corrected chi connectivity index (χ3v) is 5.09. The number of carbonyl (C=O) groups is 1. The standard InChI is InChI=1S/C23H23F2N5O/c1-15-14-20(29-23(26-15)30-12-3-2-4-13-30)27-16-8-10-17(11-9-16)28-22(31)21-18(24)6-5-7-19(21)25/h5-11,14H,2-4,12-13H2,1H3,(H,28,31)(H,26,27,29). The molecule has 1 amide bonds. The molecule has 0 radical (unpaired) electrons. The number of hydrogen-bond acceptors (Lipinski definition) is 5. The summed E-state index contributed by atoms with van der Waals surface area (Å²) in [6, 6.07) is 12.0. The molecule has 6 nitrogen and oxygen atoms in total. The fourth-order valence-corrected chi connectivity index (χ4v) is 3.55. The molecule has 1 fully saturated rings. The SMILES string of the molecule is Cc1cc(Nc2ccc(NC(=O)c3c(F)cccc3F)cc2)nc(N2CCCCC2)n1. The van der Waals surface area contributed by atoms with Gasteiger partial charge in [0.25, 0.3) is 5.91 Å². The summed E-state index contributed by atoms with van der Waals surface area (Å²) in [6.07, 6.45) is 3.52. The van der Waals surface area contributed by atoms with E-state index in [4.69, 9.17) is 0 Å². The highest BCUT2D eigenvalue weighted by atomic mass is 19.1. The van der Waals surface area contributed by atoms with E-state index in [9.17, 15) is 13.6 Å². The molecule has 1 aliphatic heterocycles. The van der Waals surface area contributed by atoms with Gasteiger partial charge in [0.1, 0.15) is 23.0 Å². The lowest BCUT2D eigenvalue weighted by molar-refractivity contribution is 0.101. The van der Waals surface area contributed by atoms with Crippen LogP contribution in [0.1, 0.15) is 35.3 Å². The monoisotopic (exact) mass is 423 g/mol. The molecule has 31 heavy (non-hydrogen) atoms. The Morgan fingerprint density at radius 1 is 0.935 bits per heavy atom. The van der Waals surface area contributed by atoms with E-state index >= 15 is 0 Å². The first-order chi connectivity index (χ1) is 15.0.